The van der Waals surface area contributed by atoms with Crippen LogP contribution in [0.4, 0.5) is 0 Å². The van der Waals surface area contributed by atoms with E-state index in [1.54, 1.807) is 0 Å². The Morgan fingerprint density at radius 1 is 1.12 bits per heavy atom. The van der Waals surface area contributed by atoms with Crippen LogP contribution < -0.4 is 15.8 Å². The van der Waals surface area contributed by atoms with Gasteiger partial charge in [-0.2, -0.15) is 0 Å². The topological polar surface area (TPSA) is 159 Å². The van der Waals surface area contributed by atoms with Crippen molar-refractivity contribution in [3.05, 3.63) is 0 Å². The van der Waals surface area contributed by atoms with E-state index in [2.05, 4.69) is 10.0 Å². The molecular formula is C21H38N4O6S. The first kappa shape index (κ1) is 26.5. The van der Waals surface area contributed by atoms with E-state index < -0.39 is 39.7 Å². The first-order valence-electron chi connectivity index (χ1n) is 11.7. The van der Waals surface area contributed by atoms with Gasteiger partial charge < -0.3 is 21.1 Å². The fourth-order valence-corrected chi connectivity index (χ4v) is 5.57. The summed E-state index contributed by atoms with van der Waals surface area (Å²) in [5.74, 6) is -2.88. The highest BCUT2D eigenvalue weighted by Gasteiger charge is 2.38. The number of aliphatic carboxylic acids is 1. The first-order chi connectivity index (χ1) is 15.1. The number of nitrogens with two attached hydrogens (primary N) is 1. The second-order valence-electron chi connectivity index (χ2n) is 9.03. The number of amides is 2. The molecule has 2 unspecified atom stereocenters. The average Bonchev–Trinajstić information content (AvgIpc) is 3.21. The number of likely N-dealkylation sites (tertiary alicyclic amines) is 1. The Morgan fingerprint density at radius 2 is 1.81 bits per heavy atom. The van der Waals surface area contributed by atoms with Gasteiger partial charge in [0.2, 0.25) is 21.8 Å². The van der Waals surface area contributed by atoms with Gasteiger partial charge in [-0.05, 0) is 50.9 Å². The molecule has 1 saturated carbocycles. The van der Waals surface area contributed by atoms with Crippen LogP contribution in [-0.2, 0) is 24.4 Å². The average molecular weight is 475 g/mol. The van der Waals surface area contributed by atoms with Crippen LogP contribution in [0.2, 0.25) is 0 Å². The van der Waals surface area contributed by atoms with E-state index in [4.69, 9.17) is 10.8 Å². The quantitative estimate of drug-likeness (QED) is 0.301. The normalized spacial score (nSPS) is 24.8. The number of sulfonamides is 1. The monoisotopic (exact) mass is 474 g/mol. The Bertz CT molecular complexity index is 751. The van der Waals surface area contributed by atoms with Gasteiger partial charge in [0.05, 0.1) is 0 Å². The Kier molecular flexibility index (Phi) is 10.4. The molecule has 10 nitrogen and oxygen atoms in total. The number of carbonyl (C=O) groups is 3. The number of carboxylic acids is 1. The molecule has 0 spiro atoms. The van der Waals surface area contributed by atoms with Gasteiger partial charge in [0, 0.05) is 19.1 Å². The lowest BCUT2D eigenvalue weighted by Crippen LogP contribution is -2.54. The summed E-state index contributed by atoms with van der Waals surface area (Å²) in [5.41, 5.74) is 5.93. The van der Waals surface area contributed by atoms with Crippen molar-refractivity contribution in [1.29, 1.82) is 0 Å². The predicted molar refractivity (Wildman–Crippen MR) is 120 cm³/mol. The molecule has 184 valence electrons. The minimum Gasteiger partial charge on any atom is -0.480 e. The van der Waals surface area contributed by atoms with E-state index in [0.717, 1.165) is 38.5 Å². The van der Waals surface area contributed by atoms with Gasteiger partial charge in [0.15, 0.2) is 5.75 Å². The third kappa shape index (κ3) is 8.32. The second kappa shape index (κ2) is 12.5. The summed E-state index contributed by atoms with van der Waals surface area (Å²) in [6.07, 6.45) is 7.62. The Labute approximate surface area is 190 Å². The first-order valence-corrected chi connectivity index (χ1v) is 13.3. The summed E-state index contributed by atoms with van der Waals surface area (Å²) < 4.78 is 26.6. The van der Waals surface area contributed by atoms with E-state index in [-0.39, 0.29) is 18.4 Å². The van der Waals surface area contributed by atoms with Crippen LogP contribution in [0.25, 0.3) is 0 Å². The third-order valence-electron chi connectivity index (χ3n) is 6.32. The zero-order valence-corrected chi connectivity index (χ0v) is 19.7. The van der Waals surface area contributed by atoms with E-state index in [1.165, 1.54) is 4.90 Å². The molecule has 2 amide bonds. The Hall–Kier alpha value is -1.72. The Balaban J connectivity index is 2.01. The summed E-state index contributed by atoms with van der Waals surface area (Å²) in [6, 6.07) is -1.47. The molecule has 32 heavy (non-hydrogen) atoms. The number of unbranched alkanes of at least 4 members (excludes halogenated alkanes) is 2. The fraction of sp³-hybridized carbons (Fsp3) is 0.857. The number of hydrogen-bond donors (Lipinski definition) is 4. The predicted octanol–water partition coefficient (Wildman–Crippen LogP) is 0.564. The van der Waals surface area contributed by atoms with Gasteiger partial charge in [-0.25, -0.2) is 13.1 Å². The van der Waals surface area contributed by atoms with Crippen molar-refractivity contribution in [1.82, 2.24) is 14.9 Å². The number of nitrogens with zero attached hydrogens (tertiary/aromatic N) is 1. The number of rotatable bonds is 12. The highest BCUT2D eigenvalue weighted by atomic mass is 32.2. The number of carbonyl (C=O) groups excluding carboxylic acids is 2. The number of hydrogen-bond acceptors (Lipinski definition) is 6. The maximum Gasteiger partial charge on any atom is 0.320 e. The summed E-state index contributed by atoms with van der Waals surface area (Å²) in [6.45, 7) is 2.92. The molecule has 1 aliphatic carbocycles. The number of carboxylic acid groups (broad SMARTS) is 1. The van der Waals surface area contributed by atoms with Gasteiger partial charge in [0.25, 0.3) is 0 Å². The molecule has 11 heteroatoms. The summed E-state index contributed by atoms with van der Waals surface area (Å²) in [4.78, 5) is 38.4. The van der Waals surface area contributed by atoms with Crippen LogP contribution in [0.15, 0.2) is 0 Å². The van der Waals surface area contributed by atoms with Crippen molar-refractivity contribution >= 4 is 27.8 Å². The smallest absolute Gasteiger partial charge is 0.320 e. The standard InChI is InChI=1S/C21H38N4O6S/c1-2-3-4-6-17(24-32(30,31)14-19(26)27)21(29)25-12-5-7-18(25)20(28)23-13-15-8-10-16(22)11-9-15/h15-18,24H,2-14,22H2,1H3,(H,23,28)(H,26,27). The second-order valence-corrected chi connectivity index (χ2v) is 10.8. The van der Waals surface area contributed by atoms with Gasteiger partial charge >= 0.3 is 5.97 Å². The van der Waals surface area contributed by atoms with Crippen molar-refractivity contribution in [2.24, 2.45) is 11.7 Å². The van der Waals surface area contributed by atoms with Crippen molar-refractivity contribution in [3.63, 3.8) is 0 Å². The van der Waals surface area contributed by atoms with Crippen molar-refractivity contribution < 1.29 is 27.9 Å². The van der Waals surface area contributed by atoms with Gasteiger partial charge in [-0.1, -0.05) is 26.2 Å². The van der Waals surface area contributed by atoms with Crippen LogP contribution in [0.1, 0.15) is 71.1 Å². The largest absolute Gasteiger partial charge is 0.480 e. The molecular weight excluding hydrogens is 436 g/mol. The number of nitrogens with one attached hydrogen (secondary N) is 2. The molecule has 2 atom stereocenters. The highest BCUT2D eigenvalue weighted by Crippen LogP contribution is 2.24. The van der Waals surface area contributed by atoms with Crippen LogP contribution in [-0.4, -0.2) is 73.2 Å². The molecule has 0 bridgehead atoms. The molecule has 0 aromatic carbocycles. The summed E-state index contributed by atoms with van der Waals surface area (Å²) >= 11 is 0. The van der Waals surface area contributed by atoms with Crippen molar-refractivity contribution in [2.75, 3.05) is 18.8 Å². The lowest BCUT2D eigenvalue weighted by molar-refractivity contribution is -0.140. The molecule has 2 fully saturated rings. The molecule has 1 heterocycles. The highest BCUT2D eigenvalue weighted by molar-refractivity contribution is 7.90. The van der Waals surface area contributed by atoms with Crippen molar-refractivity contribution in [3.8, 4) is 0 Å². The lowest BCUT2D eigenvalue weighted by atomic mass is 9.86. The minimum absolute atomic E-state index is 0.216. The maximum atomic E-state index is 13.2. The fourth-order valence-electron chi connectivity index (χ4n) is 4.51. The van der Waals surface area contributed by atoms with Gasteiger partial charge in [0.1, 0.15) is 12.1 Å². The molecule has 1 saturated heterocycles. The summed E-state index contributed by atoms with van der Waals surface area (Å²) in [5, 5.41) is 11.8. The molecule has 0 radical (unpaired) electrons. The van der Waals surface area contributed by atoms with E-state index >= 15 is 0 Å². The van der Waals surface area contributed by atoms with Crippen LogP contribution in [0, 0.1) is 5.92 Å². The molecule has 5 N–H and O–H groups in total. The van der Waals surface area contributed by atoms with Crippen LogP contribution in [0.5, 0.6) is 0 Å². The summed E-state index contributed by atoms with van der Waals surface area (Å²) in [7, 11) is -4.17. The maximum absolute atomic E-state index is 13.2. The zero-order chi connectivity index (χ0) is 23.7. The molecule has 1 aliphatic heterocycles. The SMILES string of the molecule is CCCCCC(NS(=O)(=O)CC(=O)O)C(=O)N1CCCC1C(=O)NCC1CCC(N)CC1. The van der Waals surface area contributed by atoms with Crippen LogP contribution in [0.3, 0.4) is 0 Å². The third-order valence-corrected chi connectivity index (χ3v) is 7.60. The molecule has 0 aromatic rings. The Morgan fingerprint density at radius 3 is 2.44 bits per heavy atom. The van der Waals surface area contributed by atoms with Crippen molar-refractivity contribution in [2.45, 2.75) is 89.3 Å². The van der Waals surface area contributed by atoms with E-state index in [0.29, 0.717) is 38.3 Å². The zero-order valence-electron chi connectivity index (χ0n) is 18.9. The molecule has 2 rings (SSSR count). The van der Waals surface area contributed by atoms with Gasteiger partial charge in [-0.3, -0.25) is 14.4 Å². The lowest BCUT2D eigenvalue weighted by Gasteiger charge is -2.30. The molecule has 0 aromatic heterocycles. The minimum atomic E-state index is -4.17. The molecule has 2 aliphatic rings. The van der Waals surface area contributed by atoms with Crippen LogP contribution >= 0.6 is 0 Å². The van der Waals surface area contributed by atoms with Gasteiger partial charge in [-0.15, -0.1) is 0 Å². The van der Waals surface area contributed by atoms with E-state index in [9.17, 15) is 22.8 Å². The van der Waals surface area contributed by atoms with E-state index in [1.807, 2.05) is 6.92 Å².